The van der Waals surface area contributed by atoms with Crippen LogP contribution in [0.4, 0.5) is 0 Å². The summed E-state index contributed by atoms with van der Waals surface area (Å²) in [4.78, 5) is 3.47. The molecule has 0 aliphatic rings. The zero-order valence-corrected chi connectivity index (χ0v) is 11.5. The molecule has 1 heterocycles. The molecule has 16 heavy (non-hydrogen) atoms. The molecule has 0 bridgehead atoms. The SMILES string of the molecule is CCNCc1c(C)[nH]c2c(C)cc(Br)cc12. The third-order valence-electron chi connectivity index (χ3n) is 2.94. The van der Waals surface area contributed by atoms with Crippen molar-refractivity contribution in [2.45, 2.75) is 27.3 Å². The fourth-order valence-electron chi connectivity index (χ4n) is 2.09. The van der Waals surface area contributed by atoms with Gasteiger partial charge in [-0.2, -0.15) is 0 Å². The summed E-state index contributed by atoms with van der Waals surface area (Å²) in [6.45, 7) is 8.34. The van der Waals surface area contributed by atoms with E-state index in [0.29, 0.717) is 0 Å². The van der Waals surface area contributed by atoms with E-state index in [9.17, 15) is 0 Å². The Balaban J connectivity index is 2.59. The molecule has 0 saturated carbocycles. The van der Waals surface area contributed by atoms with Crippen LogP contribution >= 0.6 is 15.9 Å². The highest BCUT2D eigenvalue weighted by Gasteiger charge is 2.10. The summed E-state index contributed by atoms with van der Waals surface area (Å²) in [6, 6.07) is 4.34. The predicted molar refractivity (Wildman–Crippen MR) is 72.9 cm³/mol. The molecular formula is C13H17BrN2. The van der Waals surface area contributed by atoms with Crippen LogP contribution in [0.2, 0.25) is 0 Å². The van der Waals surface area contributed by atoms with Crippen molar-refractivity contribution in [1.29, 1.82) is 0 Å². The quantitative estimate of drug-likeness (QED) is 0.883. The van der Waals surface area contributed by atoms with Gasteiger partial charge in [-0.05, 0) is 43.7 Å². The topological polar surface area (TPSA) is 27.8 Å². The minimum atomic E-state index is 0.929. The van der Waals surface area contributed by atoms with Crippen LogP contribution in [0, 0.1) is 13.8 Å². The first kappa shape index (κ1) is 11.7. The second-order valence-electron chi connectivity index (χ2n) is 4.15. The number of H-pyrrole nitrogens is 1. The standard InChI is InChI=1S/C13H17BrN2/c1-4-15-7-12-9(3)16-13-8(2)5-10(14)6-11(12)13/h5-6,15-16H,4,7H2,1-3H3. The third-order valence-corrected chi connectivity index (χ3v) is 3.40. The van der Waals surface area contributed by atoms with Gasteiger partial charge in [-0.1, -0.05) is 22.9 Å². The fourth-order valence-corrected chi connectivity index (χ4v) is 2.66. The van der Waals surface area contributed by atoms with E-state index >= 15 is 0 Å². The Kier molecular flexibility index (Phi) is 3.36. The maximum atomic E-state index is 3.56. The highest BCUT2D eigenvalue weighted by Crippen LogP contribution is 2.28. The highest BCUT2D eigenvalue weighted by atomic mass is 79.9. The average Bonchev–Trinajstić information content (AvgIpc) is 2.53. The Bertz CT molecular complexity index is 514. The van der Waals surface area contributed by atoms with E-state index in [1.54, 1.807) is 0 Å². The molecule has 2 nitrogen and oxygen atoms in total. The van der Waals surface area contributed by atoms with Crippen LogP contribution in [0.25, 0.3) is 10.9 Å². The number of hydrogen-bond acceptors (Lipinski definition) is 1. The van der Waals surface area contributed by atoms with Crippen LogP contribution in [-0.2, 0) is 6.54 Å². The smallest absolute Gasteiger partial charge is 0.0489 e. The molecule has 0 amide bonds. The Morgan fingerprint density at radius 2 is 2.06 bits per heavy atom. The van der Waals surface area contributed by atoms with Crippen molar-refractivity contribution in [1.82, 2.24) is 10.3 Å². The number of nitrogens with one attached hydrogen (secondary N) is 2. The van der Waals surface area contributed by atoms with E-state index in [2.05, 4.69) is 59.1 Å². The van der Waals surface area contributed by atoms with Gasteiger partial charge in [0.15, 0.2) is 0 Å². The lowest BCUT2D eigenvalue weighted by Crippen LogP contribution is -2.12. The largest absolute Gasteiger partial charge is 0.358 e. The van der Waals surface area contributed by atoms with Crippen molar-refractivity contribution < 1.29 is 0 Å². The molecule has 2 aromatic rings. The van der Waals surface area contributed by atoms with Crippen molar-refractivity contribution >= 4 is 26.8 Å². The van der Waals surface area contributed by atoms with Gasteiger partial charge in [0, 0.05) is 27.6 Å². The number of halogens is 1. The Hall–Kier alpha value is -0.800. The maximum Gasteiger partial charge on any atom is 0.0489 e. The molecule has 0 saturated heterocycles. The first-order chi connectivity index (χ1) is 7.63. The summed E-state index contributed by atoms with van der Waals surface area (Å²) in [6.07, 6.45) is 0. The molecule has 1 aromatic heterocycles. The zero-order valence-electron chi connectivity index (χ0n) is 9.95. The van der Waals surface area contributed by atoms with Crippen molar-refractivity contribution in [3.05, 3.63) is 33.4 Å². The van der Waals surface area contributed by atoms with Crippen LogP contribution in [0.3, 0.4) is 0 Å². The molecule has 0 spiro atoms. The van der Waals surface area contributed by atoms with Crippen LogP contribution in [0.15, 0.2) is 16.6 Å². The Labute approximate surface area is 105 Å². The predicted octanol–water partition coefficient (Wildman–Crippen LogP) is 3.66. The van der Waals surface area contributed by atoms with E-state index in [0.717, 1.165) is 17.6 Å². The van der Waals surface area contributed by atoms with Crippen LogP contribution < -0.4 is 5.32 Å². The van der Waals surface area contributed by atoms with Gasteiger partial charge in [0.1, 0.15) is 0 Å². The molecule has 0 radical (unpaired) electrons. The van der Waals surface area contributed by atoms with Crippen LogP contribution in [0.5, 0.6) is 0 Å². The molecule has 0 aliphatic heterocycles. The lowest BCUT2D eigenvalue weighted by molar-refractivity contribution is 0.727. The van der Waals surface area contributed by atoms with Gasteiger partial charge in [0.05, 0.1) is 0 Å². The summed E-state index contributed by atoms with van der Waals surface area (Å²) in [5, 5.41) is 4.71. The fraction of sp³-hybridized carbons (Fsp3) is 0.385. The number of fused-ring (bicyclic) bond motifs is 1. The molecular weight excluding hydrogens is 264 g/mol. The second-order valence-corrected chi connectivity index (χ2v) is 5.07. The number of benzene rings is 1. The Morgan fingerprint density at radius 3 is 2.75 bits per heavy atom. The van der Waals surface area contributed by atoms with E-state index < -0.39 is 0 Å². The lowest BCUT2D eigenvalue weighted by Gasteiger charge is -2.03. The van der Waals surface area contributed by atoms with Gasteiger partial charge in [0.25, 0.3) is 0 Å². The minimum Gasteiger partial charge on any atom is -0.358 e. The van der Waals surface area contributed by atoms with Crippen LogP contribution in [-0.4, -0.2) is 11.5 Å². The van der Waals surface area contributed by atoms with Crippen LogP contribution in [0.1, 0.15) is 23.7 Å². The molecule has 1 aromatic carbocycles. The molecule has 0 aliphatic carbocycles. The molecule has 0 atom stereocenters. The van der Waals surface area contributed by atoms with Gasteiger partial charge < -0.3 is 10.3 Å². The monoisotopic (exact) mass is 280 g/mol. The molecule has 3 heteroatoms. The van der Waals surface area contributed by atoms with E-state index in [1.807, 2.05) is 0 Å². The van der Waals surface area contributed by atoms with Gasteiger partial charge in [0.2, 0.25) is 0 Å². The first-order valence-corrected chi connectivity index (χ1v) is 6.40. The molecule has 86 valence electrons. The van der Waals surface area contributed by atoms with Crippen molar-refractivity contribution in [2.75, 3.05) is 6.54 Å². The average molecular weight is 281 g/mol. The summed E-state index contributed by atoms with van der Waals surface area (Å²) in [5.41, 5.74) is 5.18. The number of aryl methyl sites for hydroxylation is 2. The van der Waals surface area contributed by atoms with Gasteiger partial charge in [-0.3, -0.25) is 0 Å². The number of aromatic nitrogens is 1. The summed E-state index contributed by atoms with van der Waals surface area (Å²) < 4.78 is 1.15. The van der Waals surface area contributed by atoms with Gasteiger partial charge in [-0.25, -0.2) is 0 Å². The van der Waals surface area contributed by atoms with Gasteiger partial charge >= 0.3 is 0 Å². The van der Waals surface area contributed by atoms with Crippen molar-refractivity contribution in [2.24, 2.45) is 0 Å². The number of hydrogen-bond donors (Lipinski definition) is 2. The second kappa shape index (κ2) is 4.60. The number of rotatable bonds is 3. The first-order valence-electron chi connectivity index (χ1n) is 5.61. The highest BCUT2D eigenvalue weighted by molar-refractivity contribution is 9.10. The molecule has 0 fully saturated rings. The summed E-state index contributed by atoms with van der Waals surface area (Å²) in [7, 11) is 0. The zero-order chi connectivity index (χ0) is 11.7. The van der Waals surface area contributed by atoms with E-state index in [1.165, 1.54) is 27.7 Å². The van der Waals surface area contributed by atoms with E-state index in [-0.39, 0.29) is 0 Å². The molecule has 2 N–H and O–H groups in total. The summed E-state index contributed by atoms with van der Waals surface area (Å²) in [5.74, 6) is 0. The maximum absolute atomic E-state index is 3.56. The summed E-state index contributed by atoms with van der Waals surface area (Å²) >= 11 is 3.56. The Morgan fingerprint density at radius 1 is 1.31 bits per heavy atom. The van der Waals surface area contributed by atoms with Crippen molar-refractivity contribution in [3.63, 3.8) is 0 Å². The lowest BCUT2D eigenvalue weighted by atomic mass is 10.1. The minimum absolute atomic E-state index is 0.929. The van der Waals surface area contributed by atoms with Crippen molar-refractivity contribution in [3.8, 4) is 0 Å². The third kappa shape index (κ3) is 2.02. The number of aromatic amines is 1. The molecule has 2 rings (SSSR count). The van der Waals surface area contributed by atoms with Gasteiger partial charge in [-0.15, -0.1) is 0 Å². The molecule has 0 unspecified atom stereocenters. The normalized spacial score (nSPS) is 11.2. The van der Waals surface area contributed by atoms with E-state index in [4.69, 9.17) is 0 Å².